The largest absolute Gasteiger partial charge is 0.493 e. The molecule has 0 aromatic heterocycles. The lowest BCUT2D eigenvalue weighted by Gasteiger charge is -2.21. The number of para-hydroxylation sites is 2. The van der Waals surface area contributed by atoms with Crippen molar-refractivity contribution in [2.75, 3.05) is 27.3 Å². The van der Waals surface area contributed by atoms with Crippen molar-refractivity contribution in [2.45, 2.75) is 31.7 Å². The topological polar surface area (TPSA) is 64.8 Å². The van der Waals surface area contributed by atoms with Crippen molar-refractivity contribution in [1.82, 2.24) is 4.90 Å². The maximum Gasteiger partial charge on any atom is 0.222 e. The van der Waals surface area contributed by atoms with Crippen LogP contribution >= 0.6 is 12.4 Å². The number of hydrogen-bond donors (Lipinski definition) is 1. The number of halogens is 1. The molecule has 1 aliphatic rings. The van der Waals surface area contributed by atoms with Crippen LogP contribution in [0.25, 0.3) is 0 Å². The number of ether oxygens (including phenoxy) is 2. The second-order valence-electron chi connectivity index (χ2n) is 5.87. The van der Waals surface area contributed by atoms with Crippen molar-refractivity contribution in [2.24, 2.45) is 11.7 Å². The van der Waals surface area contributed by atoms with Crippen LogP contribution in [0.3, 0.4) is 0 Å². The third kappa shape index (κ3) is 5.59. The molecule has 1 aromatic rings. The summed E-state index contributed by atoms with van der Waals surface area (Å²) in [6.07, 6.45) is 3.79. The molecule has 1 amide bonds. The Morgan fingerprint density at radius 2 is 2.00 bits per heavy atom. The average molecular weight is 343 g/mol. The lowest BCUT2D eigenvalue weighted by atomic mass is 9.99. The Morgan fingerprint density at radius 1 is 1.30 bits per heavy atom. The van der Waals surface area contributed by atoms with Gasteiger partial charge in [0.15, 0.2) is 11.5 Å². The fourth-order valence-corrected chi connectivity index (χ4v) is 2.85. The van der Waals surface area contributed by atoms with E-state index in [4.69, 9.17) is 15.2 Å². The Kier molecular flexibility index (Phi) is 8.20. The van der Waals surface area contributed by atoms with Gasteiger partial charge < -0.3 is 20.1 Å². The van der Waals surface area contributed by atoms with Crippen LogP contribution in [0.5, 0.6) is 11.5 Å². The van der Waals surface area contributed by atoms with Crippen molar-refractivity contribution >= 4 is 18.3 Å². The first-order chi connectivity index (χ1) is 10.6. The second kappa shape index (κ2) is 9.63. The Morgan fingerprint density at radius 3 is 2.61 bits per heavy atom. The normalized spacial score (nSPS) is 19.8. The van der Waals surface area contributed by atoms with E-state index in [1.807, 2.05) is 31.3 Å². The van der Waals surface area contributed by atoms with E-state index in [0.29, 0.717) is 37.0 Å². The number of amides is 1. The molecule has 5 nitrogen and oxygen atoms in total. The highest BCUT2D eigenvalue weighted by molar-refractivity contribution is 5.85. The minimum absolute atomic E-state index is 0. The SMILES string of the molecule is COc1ccccc1OCCN(C)C(=O)C[C@@H]1CCC[C@H]1N.Cl. The molecule has 130 valence electrons. The van der Waals surface area contributed by atoms with E-state index in [1.165, 1.54) is 0 Å². The molecule has 0 bridgehead atoms. The van der Waals surface area contributed by atoms with Gasteiger partial charge in [-0.15, -0.1) is 12.4 Å². The maximum absolute atomic E-state index is 12.2. The predicted octanol–water partition coefficient (Wildman–Crippen LogP) is 2.47. The average Bonchev–Trinajstić information content (AvgIpc) is 2.92. The molecule has 2 rings (SSSR count). The first-order valence-electron chi connectivity index (χ1n) is 7.87. The molecule has 1 aromatic carbocycles. The van der Waals surface area contributed by atoms with Crippen LogP contribution in [0.15, 0.2) is 24.3 Å². The highest BCUT2D eigenvalue weighted by atomic mass is 35.5. The Hall–Kier alpha value is -1.46. The highest BCUT2D eigenvalue weighted by Gasteiger charge is 2.27. The summed E-state index contributed by atoms with van der Waals surface area (Å²) >= 11 is 0. The van der Waals surface area contributed by atoms with E-state index in [9.17, 15) is 4.79 Å². The zero-order valence-electron chi connectivity index (χ0n) is 13.9. The van der Waals surface area contributed by atoms with E-state index in [0.717, 1.165) is 19.3 Å². The summed E-state index contributed by atoms with van der Waals surface area (Å²) in [6, 6.07) is 7.69. The van der Waals surface area contributed by atoms with Gasteiger partial charge in [0, 0.05) is 19.5 Å². The summed E-state index contributed by atoms with van der Waals surface area (Å²) in [5.74, 6) is 1.88. The number of methoxy groups -OCH3 is 1. The van der Waals surface area contributed by atoms with E-state index in [1.54, 1.807) is 12.0 Å². The van der Waals surface area contributed by atoms with E-state index >= 15 is 0 Å². The zero-order chi connectivity index (χ0) is 15.9. The smallest absolute Gasteiger partial charge is 0.222 e. The first kappa shape index (κ1) is 19.6. The van der Waals surface area contributed by atoms with Gasteiger partial charge in [-0.2, -0.15) is 0 Å². The molecule has 0 radical (unpaired) electrons. The molecule has 0 heterocycles. The Bertz CT molecular complexity index is 498. The number of likely N-dealkylation sites (N-methyl/N-ethyl adjacent to an activating group) is 1. The summed E-state index contributed by atoms with van der Waals surface area (Å²) in [7, 11) is 3.43. The lowest BCUT2D eigenvalue weighted by molar-refractivity contribution is -0.131. The molecule has 0 spiro atoms. The summed E-state index contributed by atoms with van der Waals surface area (Å²) in [5.41, 5.74) is 6.03. The monoisotopic (exact) mass is 342 g/mol. The van der Waals surface area contributed by atoms with Crippen molar-refractivity contribution < 1.29 is 14.3 Å². The van der Waals surface area contributed by atoms with E-state index in [-0.39, 0.29) is 24.4 Å². The van der Waals surface area contributed by atoms with Gasteiger partial charge in [-0.3, -0.25) is 4.79 Å². The quantitative estimate of drug-likeness (QED) is 0.826. The summed E-state index contributed by atoms with van der Waals surface area (Å²) in [4.78, 5) is 13.9. The minimum atomic E-state index is 0. The summed E-state index contributed by atoms with van der Waals surface area (Å²) in [6.45, 7) is 0.998. The molecule has 23 heavy (non-hydrogen) atoms. The molecule has 0 aliphatic heterocycles. The third-order valence-corrected chi connectivity index (χ3v) is 4.33. The molecule has 0 saturated heterocycles. The molecular formula is C17H27ClN2O3. The van der Waals surface area contributed by atoms with Crippen molar-refractivity contribution in [3.8, 4) is 11.5 Å². The van der Waals surface area contributed by atoms with Gasteiger partial charge >= 0.3 is 0 Å². The van der Waals surface area contributed by atoms with Crippen molar-refractivity contribution in [3.05, 3.63) is 24.3 Å². The Labute approximate surface area is 144 Å². The third-order valence-electron chi connectivity index (χ3n) is 4.33. The molecule has 1 aliphatic carbocycles. The number of carbonyl (C=O) groups is 1. The molecule has 1 saturated carbocycles. The number of rotatable bonds is 7. The van der Waals surface area contributed by atoms with Gasteiger partial charge in [0.05, 0.1) is 13.7 Å². The van der Waals surface area contributed by atoms with Gasteiger partial charge in [0.25, 0.3) is 0 Å². The molecule has 1 fully saturated rings. The fraction of sp³-hybridized carbons (Fsp3) is 0.588. The maximum atomic E-state index is 12.2. The Balaban J connectivity index is 0.00000264. The number of benzene rings is 1. The van der Waals surface area contributed by atoms with Gasteiger partial charge in [0.1, 0.15) is 6.61 Å². The van der Waals surface area contributed by atoms with Crippen molar-refractivity contribution in [1.29, 1.82) is 0 Å². The molecule has 2 atom stereocenters. The zero-order valence-corrected chi connectivity index (χ0v) is 14.7. The van der Waals surface area contributed by atoms with E-state index < -0.39 is 0 Å². The summed E-state index contributed by atoms with van der Waals surface area (Å²) < 4.78 is 10.9. The molecular weight excluding hydrogens is 316 g/mol. The standard InChI is InChI=1S/C17H26N2O3.ClH/c1-19(17(20)12-13-6-5-7-14(13)18)10-11-22-16-9-4-3-8-15(16)21-2;/h3-4,8-9,13-14H,5-7,10-12,18H2,1-2H3;1H/t13-,14+;/m0./s1. The van der Waals surface area contributed by atoms with Gasteiger partial charge in [-0.05, 0) is 30.9 Å². The van der Waals surface area contributed by atoms with Crippen LogP contribution in [0.1, 0.15) is 25.7 Å². The van der Waals surface area contributed by atoms with Crippen LogP contribution in [0.2, 0.25) is 0 Å². The highest BCUT2D eigenvalue weighted by Crippen LogP contribution is 2.27. The van der Waals surface area contributed by atoms with Crippen LogP contribution in [-0.2, 0) is 4.79 Å². The lowest BCUT2D eigenvalue weighted by Crippen LogP contribution is -2.35. The number of nitrogens with zero attached hydrogens (tertiary/aromatic N) is 1. The van der Waals surface area contributed by atoms with Crippen molar-refractivity contribution in [3.63, 3.8) is 0 Å². The van der Waals surface area contributed by atoms with Gasteiger partial charge in [-0.1, -0.05) is 18.6 Å². The number of carbonyl (C=O) groups excluding carboxylic acids is 1. The summed E-state index contributed by atoms with van der Waals surface area (Å²) in [5, 5.41) is 0. The molecule has 2 N–H and O–H groups in total. The van der Waals surface area contributed by atoms with Crippen LogP contribution in [0.4, 0.5) is 0 Å². The number of hydrogen-bond acceptors (Lipinski definition) is 4. The van der Waals surface area contributed by atoms with Crippen LogP contribution in [-0.4, -0.2) is 44.2 Å². The fourth-order valence-electron chi connectivity index (χ4n) is 2.85. The van der Waals surface area contributed by atoms with Gasteiger partial charge in [-0.25, -0.2) is 0 Å². The molecule has 0 unspecified atom stereocenters. The van der Waals surface area contributed by atoms with Gasteiger partial charge in [0.2, 0.25) is 5.91 Å². The molecule has 6 heteroatoms. The minimum Gasteiger partial charge on any atom is -0.493 e. The first-order valence-corrected chi connectivity index (χ1v) is 7.87. The van der Waals surface area contributed by atoms with Crippen LogP contribution in [0, 0.1) is 5.92 Å². The number of nitrogens with two attached hydrogens (primary N) is 1. The van der Waals surface area contributed by atoms with E-state index in [2.05, 4.69) is 0 Å². The van der Waals surface area contributed by atoms with Crippen LogP contribution < -0.4 is 15.2 Å². The predicted molar refractivity (Wildman–Crippen MR) is 93.3 cm³/mol. The second-order valence-corrected chi connectivity index (χ2v) is 5.87.